The summed E-state index contributed by atoms with van der Waals surface area (Å²) in [6.45, 7) is 6.23. The van der Waals surface area contributed by atoms with Gasteiger partial charge >= 0.3 is 0 Å². The molecular formula is C20H26N2O3S2. The lowest BCUT2D eigenvalue weighted by molar-refractivity contribution is -0.119. The van der Waals surface area contributed by atoms with Crippen molar-refractivity contribution in [3.63, 3.8) is 0 Å². The van der Waals surface area contributed by atoms with Crippen molar-refractivity contribution in [1.29, 1.82) is 0 Å². The van der Waals surface area contributed by atoms with Crippen molar-refractivity contribution in [3.05, 3.63) is 59.2 Å². The van der Waals surface area contributed by atoms with Crippen LogP contribution in [0.5, 0.6) is 0 Å². The first-order valence-corrected chi connectivity index (χ1v) is 11.5. The van der Waals surface area contributed by atoms with Crippen molar-refractivity contribution in [2.75, 3.05) is 29.4 Å². The van der Waals surface area contributed by atoms with Crippen LogP contribution in [0.3, 0.4) is 0 Å². The molecule has 27 heavy (non-hydrogen) atoms. The lowest BCUT2D eigenvalue weighted by atomic mass is 10.1. The Morgan fingerprint density at radius 1 is 1.04 bits per heavy atom. The Morgan fingerprint density at radius 2 is 1.74 bits per heavy atom. The molecule has 0 bridgehead atoms. The van der Waals surface area contributed by atoms with Crippen molar-refractivity contribution in [3.8, 4) is 0 Å². The number of thioether (sulfide) groups is 1. The number of para-hydroxylation sites is 1. The highest BCUT2D eigenvalue weighted by molar-refractivity contribution is 7.99. The van der Waals surface area contributed by atoms with Crippen molar-refractivity contribution < 1.29 is 13.2 Å². The third-order valence-corrected chi connectivity index (χ3v) is 6.36. The average Bonchev–Trinajstić information content (AvgIpc) is 2.59. The predicted octanol–water partition coefficient (Wildman–Crippen LogP) is 3.29. The van der Waals surface area contributed by atoms with Crippen molar-refractivity contribution in [2.45, 2.75) is 25.7 Å². The third kappa shape index (κ3) is 6.29. The standard InChI is InChI=1S/C20H26N2O3S2/c1-15-9-10-18(13-17(15)3)26-12-11-21-20(23)14-22(27(4,24)25)19-8-6-5-7-16(19)2/h5-10,13H,11-12,14H2,1-4H3,(H,21,23). The van der Waals surface area contributed by atoms with Crippen molar-refractivity contribution in [1.82, 2.24) is 5.32 Å². The molecule has 0 atom stereocenters. The normalized spacial score (nSPS) is 11.3. The molecule has 0 aliphatic rings. The Hall–Kier alpha value is -1.99. The van der Waals surface area contributed by atoms with Gasteiger partial charge in [0.1, 0.15) is 6.54 Å². The van der Waals surface area contributed by atoms with Gasteiger partial charge in [0.2, 0.25) is 15.9 Å². The number of aryl methyl sites for hydroxylation is 3. The van der Waals surface area contributed by atoms with E-state index in [-0.39, 0.29) is 12.5 Å². The summed E-state index contributed by atoms with van der Waals surface area (Å²) in [7, 11) is -3.55. The molecule has 7 heteroatoms. The number of nitrogens with one attached hydrogen (secondary N) is 1. The van der Waals surface area contributed by atoms with Gasteiger partial charge in [0, 0.05) is 17.2 Å². The SMILES string of the molecule is Cc1ccc(SCCNC(=O)CN(c2ccccc2C)S(C)(=O)=O)cc1C. The second-order valence-electron chi connectivity index (χ2n) is 6.50. The molecular weight excluding hydrogens is 380 g/mol. The molecule has 1 amide bonds. The quantitative estimate of drug-likeness (QED) is 0.540. The van der Waals surface area contributed by atoms with E-state index >= 15 is 0 Å². The van der Waals surface area contributed by atoms with E-state index in [2.05, 4.69) is 37.4 Å². The summed E-state index contributed by atoms with van der Waals surface area (Å²) >= 11 is 1.66. The molecule has 0 saturated carbocycles. The molecule has 0 aliphatic carbocycles. The monoisotopic (exact) mass is 406 g/mol. The fourth-order valence-electron chi connectivity index (χ4n) is 2.57. The average molecular weight is 407 g/mol. The zero-order valence-corrected chi connectivity index (χ0v) is 17.8. The Morgan fingerprint density at radius 3 is 2.37 bits per heavy atom. The molecule has 1 N–H and O–H groups in total. The maximum absolute atomic E-state index is 12.3. The van der Waals surface area contributed by atoms with Gasteiger partial charge in [0.05, 0.1) is 11.9 Å². The topological polar surface area (TPSA) is 66.5 Å². The first-order valence-electron chi connectivity index (χ1n) is 8.68. The van der Waals surface area contributed by atoms with Crippen LogP contribution in [-0.4, -0.2) is 39.4 Å². The lowest BCUT2D eigenvalue weighted by Crippen LogP contribution is -2.41. The smallest absolute Gasteiger partial charge is 0.240 e. The van der Waals surface area contributed by atoms with Crippen LogP contribution in [0.15, 0.2) is 47.4 Å². The molecule has 0 radical (unpaired) electrons. The summed E-state index contributed by atoms with van der Waals surface area (Å²) < 4.78 is 25.4. The van der Waals surface area contributed by atoms with Gasteiger partial charge < -0.3 is 5.32 Å². The highest BCUT2D eigenvalue weighted by Crippen LogP contribution is 2.22. The van der Waals surface area contributed by atoms with Gasteiger partial charge in [-0.15, -0.1) is 11.8 Å². The summed E-state index contributed by atoms with van der Waals surface area (Å²) in [5, 5.41) is 2.80. The fourth-order valence-corrected chi connectivity index (χ4v) is 4.35. The number of hydrogen-bond acceptors (Lipinski definition) is 4. The van der Waals surface area contributed by atoms with Gasteiger partial charge in [-0.2, -0.15) is 0 Å². The maximum atomic E-state index is 12.3. The summed E-state index contributed by atoms with van der Waals surface area (Å²) in [5.41, 5.74) is 3.83. The van der Waals surface area contributed by atoms with Gasteiger partial charge in [0.25, 0.3) is 0 Å². The Labute approximate surface area is 166 Å². The Bertz CT molecular complexity index is 911. The second kappa shape index (κ2) is 9.28. The minimum absolute atomic E-state index is 0.224. The van der Waals surface area contributed by atoms with E-state index in [0.717, 1.165) is 26.8 Å². The summed E-state index contributed by atoms with van der Waals surface area (Å²) in [6, 6.07) is 13.4. The minimum Gasteiger partial charge on any atom is -0.354 e. The highest BCUT2D eigenvalue weighted by Gasteiger charge is 2.21. The number of benzene rings is 2. The first kappa shape index (κ1) is 21.3. The van der Waals surface area contributed by atoms with Crippen molar-refractivity contribution >= 4 is 33.4 Å². The van der Waals surface area contributed by atoms with Gasteiger partial charge in [-0.1, -0.05) is 24.3 Å². The molecule has 0 unspecified atom stereocenters. The summed E-state index contributed by atoms with van der Waals surface area (Å²) in [4.78, 5) is 13.4. The van der Waals surface area contributed by atoms with Crippen LogP contribution >= 0.6 is 11.8 Å². The summed E-state index contributed by atoms with van der Waals surface area (Å²) in [6.07, 6.45) is 1.11. The number of carbonyl (C=O) groups is 1. The van der Waals surface area contributed by atoms with E-state index in [4.69, 9.17) is 0 Å². The van der Waals surface area contributed by atoms with Crippen LogP contribution in [0.25, 0.3) is 0 Å². The molecule has 0 aromatic heterocycles. The van der Waals surface area contributed by atoms with Gasteiger partial charge in [-0.25, -0.2) is 8.42 Å². The molecule has 2 rings (SSSR count). The maximum Gasteiger partial charge on any atom is 0.240 e. The van der Waals surface area contributed by atoms with E-state index in [1.807, 2.05) is 19.1 Å². The third-order valence-electron chi connectivity index (χ3n) is 4.24. The number of sulfonamides is 1. The Balaban J connectivity index is 1.91. The predicted molar refractivity (Wildman–Crippen MR) is 113 cm³/mol. The first-order chi connectivity index (χ1) is 12.7. The number of anilines is 1. The molecule has 5 nitrogen and oxygen atoms in total. The minimum atomic E-state index is -3.55. The molecule has 0 heterocycles. The molecule has 146 valence electrons. The Kier molecular flexibility index (Phi) is 7.33. The number of rotatable bonds is 8. The van der Waals surface area contributed by atoms with Gasteiger partial charge in [-0.3, -0.25) is 9.10 Å². The van der Waals surface area contributed by atoms with Crippen LogP contribution in [-0.2, 0) is 14.8 Å². The number of hydrogen-bond donors (Lipinski definition) is 1. The van der Waals surface area contributed by atoms with E-state index in [9.17, 15) is 13.2 Å². The lowest BCUT2D eigenvalue weighted by Gasteiger charge is -2.23. The number of carbonyl (C=O) groups excluding carboxylic acids is 1. The van der Waals surface area contributed by atoms with Crippen molar-refractivity contribution in [2.24, 2.45) is 0 Å². The van der Waals surface area contributed by atoms with Crippen LogP contribution in [0.1, 0.15) is 16.7 Å². The largest absolute Gasteiger partial charge is 0.354 e. The molecule has 0 saturated heterocycles. The van der Waals surface area contributed by atoms with E-state index in [1.165, 1.54) is 11.1 Å². The molecule has 0 fully saturated rings. The highest BCUT2D eigenvalue weighted by atomic mass is 32.2. The van der Waals surface area contributed by atoms with E-state index in [1.54, 1.807) is 23.9 Å². The van der Waals surface area contributed by atoms with E-state index < -0.39 is 10.0 Å². The molecule has 2 aromatic carbocycles. The molecule has 0 aliphatic heterocycles. The van der Waals surface area contributed by atoms with Crippen LogP contribution < -0.4 is 9.62 Å². The summed E-state index contributed by atoms with van der Waals surface area (Å²) in [5.74, 6) is 0.404. The van der Waals surface area contributed by atoms with Crippen LogP contribution in [0.4, 0.5) is 5.69 Å². The fraction of sp³-hybridized carbons (Fsp3) is 0.350. The molecule has 0 spiro atoms. The number of amides is 1. The molecule has 2 aromatic rings. The number of nitrogens with zero attached hydrogens (tertiary/aromatic N) is 1. The zero-order chi connectivity index (χ0) is 20.0. The van der Waals surface area contributed by atoms with Gasteiger partial charge in [0.15, 0.2) is 0 Å². The van der Waals surface area contributed by atoms with E-state index in [0.29, 0.717) is 12.2 Å². The van der Waals surface area contributed by atoms with Gasteiger partial charge in [-0.05, 0) is 55.7 Å². The van der Waals surface area contributed by atoms with Crippen LogP contribution in [0.2, 0.25) is 0 Å². The second-order valence-corrected chi connectivity index (χ2v) is 9.58. The zero-order valence-electron chi connectivity index (χ0n) is 16.2. The van der Waals surface area contributed by atoms with Crippen LogP contribution in [0, 0.1) is 20.8 Å².